The monoisotopic (exact) mass is 182 g/mol. The summed E-state index contributed by atoms with van der Waals surface area (Å²) in [6.07, 6.45) is 2.51. The van der Waals surface area contributed by atoms with E-state index >= 15 is 0 Å². The van der Waals surface area contributed by atoms with Crippen molar-refractivity contribution in [3.63, 3.8) is 0 Å². The van der Waals surface area contributed by atoms with Crippen molar-refractivity contribution >= 4 is 5.97 Å². The molecule has 0 heterocycles. The Bertz CT molecular complexity index is 247. The van der Waals surface area contributed by atoms with Crippen molar-refractivity contribution in [3.05, 3.63) is 11.6 Å². The van der Waals surface area contributed by atoms with Crippen LogP contribution in [0.25, 0.3) is 0 Å². The molecule has 1 saturated carbocycles. The van der Waals surface area contributed by atoms with Crippen LogP contribution in [0.1, 0.15) is 34.1 Å². The first-order chi connectivity index (χ1) is 5.85. The fourth-order valence-corrected chi connectivity index (χ4v) is 2.05. The number of rotatable bonds is 3. The Balaban J connectivity index is 2.61. The van der Waals surface area contributed by atoms with E-state index in [1.165, 1.54) is 5.57 Å². The summed E-state index contributed by atoms with van der Waals surface area (Å²) in [4.78, 5) is 10.5. The molecular weight excluding hydrogens is 164 g/mol. The van der Waals surface area contributed by atoms with E-state index < -0.39 is 5.97 Å². The molecule has 0 aliphatic heterocycles. The molecule has 1 fully saturated rings. The molecule has 1 N–H and O–H groups in total. The molecule has 0 saturated heterocycles. The molecule has 1 rings (SSSR count). The molecule has 74 valence electrons. The Kier molecular flexibility index (Phi) is 2.51. The molecule has 2 heteroatoms. The van der Waals surface area contributed by atoms with Crippen LogP contribution in [0.4, 0.5) is 0 Å². The summed E-state index contributed by atoms with van der Waals surface area (Å²) in [5.41, 5.74) is 1.47. The van der Waals surface area contributed by atoms with Gasteiger partial charge >= 0.3 is 5.97 Å². The highest BCUT2D eigenvalue weighted by atomic mass is 16.4. The number of aliphatic carboxylic acids is 1. The Morgan fingerprint density at radius 2 is 2.00 bits per heavy atom. The standard InChI is InChI=1S/C11H18O2/c1-7(2)5-8-9(6-10(12)13)11(8,3)4/h5,8-9H,6H2,1-4H3,(H,12,13)/t8-,9?/m1/s1. The molecule has 1 aliphatic carbocycles. The van der Waals surface area contributed by atoms with Crippen LogP contribution in [0.2, 0.25) is 0 Å². The SMILES string of the molecule is CC(C)=C[C@@H]1C(CC(=O)O)C1(C)C. The van der Waals surface area contributed by atoms with Crippen molar-refractivity contribution in [2.24, 2.45) is 17.3 Å². The Morgan fingerprint density at radius 1 is 1.46 bits per heavy atom. The molecule has 0 spiro atoms. The highest BCUT2D eigenvalue weighted by Crippen LogP contribution is 2.60. The molecule has 0 bridgehead atoms. The summed E-state index contributed by atoms with van der Waals surface area (Å²) >= 11 is 0. The van der Waals surface area contributed by atoms with Crippen LogP contribution < -0.4 is 0 Å². The van der Waals surface area contributed by atoms with Crippen molar-refractivity contribution in [3.8, 4) is 0 Å². The van der Waals surface area contributed by atoms with Gasteiger partial charge in [0, 0.05) is 6.42 Å². The van der Waals surface area contributed by atoms with Gasteiger partial charge in [0.25, 0.3) is 0 Å². The van der Waals surface area contributed by atoms with E-state index in [1.54, 1.807) is 0 Å². The average Bonchev–Trinajstić information content (AvgIpc) is 2.36. The highest BCUT2D eigenvalue weighted by molar-refractivity contribution is 5.68. The van der Waals surface area contributed by atoms with Crippen molar-refractivity contribution < 1.29 is 9.90 Å². The van der Waals surface area contributed by atoms with Crippen LogP contribution in [0.3, 0.4) is 0 Å². The number of carboxylic acid groups (broad SMARTS) is 1. The molecule has 13 heavy (non-hydrogen) atoms. The second-order valence-electron chi connectivity index (χ2n) is 4.80. The lowest BCUT2D eigenvalue weighted by atomic mass is 10.1. The predicted molar refractivity (Wildman–Crippen MR) is 52.4 cm³/mol. The van der Waals surface area contributed by atoms with Gasteiger partial charge in [0.15, 0.2) is 0 Å². The van der Waals surface area contributed by atoms with Gasteiger partial charge in [0.05, 0.1) is 0 Å². The van der Waals surface area contributed by atoms with E-state index in [0.717, 1.165) is 0 Å². The van der Waals surface area contributed by atoms with Gasteiger partial charge in [-0.1, -0.05) is 25.5 Å². The zero-order valence-corrected chi connectivity index (χ0v) is 8.79. The number of carboxylic acids is 1. The van der Waals surface area contributed by atoms with Crippen LogP contribution >= 0.6 is 0 Å². The fraction of sp³-hybridized carbons (Fsp3) is 0.727. The molecule has 2 nitrogen and oxygen atoms in total. The van der Waals surface area contributed by atoms with Gasteiger partial charge in [-0.15, -0.1) is 0 Å². The Hall–Kier alpha value is -0.790. The van der Waals surface area contributed by atoms with Gasteiger partial charge in [0.2, 0.25) is 0 Å². The zero-order chi connectivity index (χ0) is 10.2. The predicted octanol–water partition coefficient (Wildman–Crippen LogP) is 2.70. The number of carbonyl (C=O) groups is 1. The minimum Gasteiger partial charge on any atom is -0.481 e. The van der Waals surface area contributed by atoms with E-state index in [9.17, 15) is 4.79 Å². The van der Waals surface area contributed by atoms with Crippen LogP contribution in [0.5, 0.6) is 0 Å². The second-order valence-corrected chi connectivity index (χ2v) is 4.80. The van der Waals surface area contributed by atoms with E-state index in [1.807, 2.05) is 0 Å². The first-order valence-corrected chi connectivity index (χ1v) is 4.72. The van der Waals surface area contributed by atoms with Crippen molar-refractivity contribution in [2.75, 3.05) is 0 Å². The largest absolute Gasteiger partial charge is 0.481 e. The van der Waals surface area contributed by atoms with E-state index in [0.29, 0.717) is 18.3 Å². The maximum absolute atomic E-state index is 10.5. The Labute approximate surface area is 79.6 Å². The lowest BCUT2D eigenvalue weighted by Gasteiger charge is -1.98. The minimum atomic E-state index is -0.678. The van der Waals surface area contributed by atoms with E-state index in [-0.39, 0.29) is 5.41 Å². The third-order valence-electron chi connectivity index (χ3n) is 3.05. The minimum absolute atomic E-state index is 0.190. The molecule has 2 atom stereocenters. The lowest BCUT2D eigenvalue weighted by Crippen LogP contribution is -1.99. The third-order valence-corrected chi connectivity index (χ3v) is 3.05. The molecule has 0 aromatic rings. The maximum Gasteiger partial charge on any atom is 0.303 e. The highest BCUT2D eigenvalue weighted by Gasteiger charge is 2.56. The summed E-state index contributed by atoms with van der Waals surface area (Å²) in [7, 11) is 0. The summed E-state index contributed by atoms with van der Waals surface area (Å²) < 4.78 is 0. The zero-order valence-electron chi connectivity index (χ0n) is 8.79. The molecule has 0 aromatic heterocycles. The van der Waals surface area contributed by atoms with E-state index in [2.05, 4.69) is 33.8 Å². The molecule has 0 aromatic carbocycles. The van der Waals surface area contributed by atoms with Crippen molar-refractivity contribution in [2.45, 2.75) is 34.1 Å². The van der Waals surface area contributed by atoms with Gasteiger partial charge < -0.3 is 5.11 Å². The van der Waals surface area contributed by atoms with Gasteiger partial charge in [-0.3, -0.25) is 4.79 Å². The average molecular weight is 182 g/mol. The quantitative estimate of drug-likeness (QED) is 0.681. The normalized spacial score (nSPS) is 29.5. The van der Waals surface area contributed by atoms with Crippen LogP contribution in [0, 0.1) is 17.3 Å². The molecule has 0 amide bonds. The van der Waals surface area contributed by atoms with Gasteiger partial charge in [-0.05, 0) is 31.1 Å². The first kappa shape index (κ1) is 10.3. The van der Waals surface area contributed by atoms with Crippen LogP contribution in [-0.2, 0) is 4.79 Å². The topological polar surface area (TPSA) is 37.3 Å². The van der Waals surface area contributed by atoms with Gasteiger partial charge in [0.1, 0.15) is 0 Å². The number of hydrogen-bond donors (Lipinski definition) is 1. The fourth-order valence-electron chi connectivity index (χ4n) is 2.05. The van der Waals surface area contributed by atoms with E-state index in [4.69, 9.17) is 5.11 Å². The number of allylic oxidation sites excluding steroid dienone is 2. The van der Waals surface area contributed by atoms with Gasteiger partial charge in [-0.2, -0.15) is 0 Å². The number of hydrogen-bond acceptors (Lipinski definition) is 1. The third kappa shape index (κ3) is 2.11. The molecule has 0 radical (unpaired) electrons. The molecular formula is C11H18O2. The molecule has 1 aliphatic rings. The lowest BCUT2D eigenvalue weighted by molar-refractivity contribution is -0.137. The summed E-state index contributed by atoms with van der Waals surface area (Å²) in [6, 6.07) is 0. The molecule has 1 unspecified atom stereocenters. The second kappa shape index (κ2) is 3.17. The van der Waals surface area contributed by atoms with Crippen LogP contribution in [0.15, 0.2) is 11.6 Å². The summed E-state index contributed by atoms with van der Waals surface area (Å²) in [5, 5.41) is 8.69. The van der Waals surface area contributed by atoms with Crippen molar-refractivity contribution in [1.29, 1.82) is 0 Å². The van der Waals surface area contributed by atoms with Gasteiger partial charge in [-0.25, -0.2) is 0 Å². The Morgan fingerprint density at radius 3 is 2.38 bits per heavy atom. The first-order valence-electron chi connectivity index (χ1n) is 4.72. The summed E-state index contributed by atoms with van der Waals surface area (Å²) in [6.45, 7) is 8.41. The van der Waals surface area contributed by atoms with Crippen LogP contribution in [-0.4, -0.2) is 11.1 Å². The van der Waals surface area contributed by atoms with Crippen molar-refractivity contribution in [1.82, 2.24) is 0 Å². The summed E-state index contributed by atoms with van der Waals surface area (Å²) in [5.74, 6) is 0.122. The maximum atomic E-state index is 10.5. The smallest absolute Gasteiger partial charge is 0.303 e.